The Labute approximate surface area is 191 Å². The predicted molar refractivity (Wildman–Crippen MR) is 110 cm³/mol. The van der Waals surface area contributed by atoms with Gasteiger partial charge in [-0.2, -0.15) is 26.3 Å². The van der Waals surface area contributed by atoms with Gasteiger partial charge in [-0.3, -0.25) is 0 Å². The van der Waals surface area contributed by atoms with Gasteiger partial charge >= 0.3 is 12.4 Å². The van der Waals surface area contributed by atoms with Crippen LogP contribution in [0.15, 0.2) is 10.5 Å². The third-order valence-corrected chi connectivity index (χ3v) is 6.35. The minimum atomic E-state index is -5.08. The minimum Gasteiger partial charge on any atom is -0.416 e. The molecule has 1 fully saturated rings. The van der Waals surface area contributed by atoms with E-state index in [0.717, 1.165) is 6.07 Å². The van der Waals surface area contributed by atoms with Crippen LogP contribution in [-0.2, 0) is 11.8 Å². The standard InChI is InChI=1S/C21H25F6N5O2/c1-2-28-14-11-13(20(22,23)24)16-29-15(14)17-30-31-18(34-17)19(33,21(25,26)27)9-5-3-4-7-12-8-6-10-32(12)16/h11-12,28,33H,2-10H2,1H3/t12-,19+/m1/s1. The lowest BCUT2D eigenvalue weighted by Crippen LogP contribution is -2.42. The Bertz CT molecular complexity index is 1020. The van der Waals surface area contributed by atoms with Crippen molar-refractivity contribution in [2.75, 3.05) is 23.3 Å². The van der Waals surface area contributed by atoms with Crippen molar-refractivity contribution in [2.24, 2.45) is 0 Å². The molecule has 4 rings (SSSR count). The molecule has 2 aliphatic heterocycles. The first-order valence-corrected chi connectivity index (χ1v) is 11.2. The number of rotatable bonds is 2. The van der Waals surface area contributed by atoms with Gasteiger partial charge in [-0.25, -0.2) is 4.98 Å². The Hall–Kier alpha value is -2.57. The van der Waals surface area contributed by atoms with Gasteiger partial charge < -0.3 is 19.7 Å². The van der Waals surface area contributed by atoms with E-state index in [0.29, 0.717) is 38.6 Å². The third kappa shape index (κ3) is 4.41. The number of aliphatic hydroxyl groups is 1. The molecule has 0 unspecified atom stereocenters. The second kappa shape index (κ2) is 8.90. The molecule has 13 heteroatoms. The molecule has 4 bridgehead atoms. The molecule has 0 radical (unpaired) electrons. The van der Waals surface area contributed by atoms with Crippen molar-refractivity contribution in [3.63, 3.8) is 0 Å². The van der Waals surface area contributed by atoms with Gasteiger partial charge in [-0.1, -0.05) is 12.8 Å². The van der Waals surface area contributed by atoms with E-state index in [2.05, 4.69) is 20.5 Å². The van der Waals surface area contributed by atoms with Crippen LogP contribution in [0.2, 0.25) is 0 Å². The SMILES string of the molecule is CCNc1cc(C(F)(F)F)c2nc1-c1nnc(o1)[C@](O)(C(F)(F)F)CCCCC[C@@H]1CCCN21. The summed E-state index contributed by atoms with van der Waals surface area (Å²) in [5, 5.41) is 20.3. The highest BCUT2D eigenvalue weighted by Gasteiger charge is 2.58. The summed E-state index contributed by atoms with van der Waals surface area (Å²) in [6.07, 6.45) is -7.75. The van der Waals surface area contributed by atoms with Gasteiger partial charge in [0.15, 0.2) is 5.69 Å². The van der Waals surface area contributed by atoms with Gasteiger partial charge in [0, 0.05) is 19.1 Å². The first-order valence-electron chi connectivity index (χ1n) is 11.2. The van der Waals surface area contributed by atoms with Crippen molar-refractivity contribution >= 4 is 11.5 Å². The number of fused-ring (bicyclic) bond motifs is 7. The molecule has 2 atom stereocenters. The fourth-order valence-corrected chi connectivity index (χ4v) is 4.63. The largest absolute Gasteiger partial charge is 0.426 e. The highest BCUT2D eigenvalue weighted by Crippen LogP contribution is 2.45. The van der Waals surface area contributed by atoms with Crippen LogP contribution in [-0.4, -0.2) is 45.6 Å². The molecule has 1 saturated heterocycles. The molecular weight excluding hydrogens is 468 g/mol. The van der Waals surface area contributed by atoms with E-state index in [1.807, 2.05) is 0 Å². The van der Waals surface area contributed by atoms with E-state index >= 15 is 0 Å². The Morgan fingerprint density at radius 2 is 1.85 bits per heavy atom. The van der Waals surface area contributed by atoms with E-state index in [1.54, 1.807) is 11.8 Å². The molecule has 4 heterocycles. The minimum absolute atomic E-state index is 0.0282. The number of pyridine rings is 1. The van der Waals surface area contributed by atoms with E-state index < -0.39 is 41.7 Å². The maximum absolute atomic E-state index is 14.0. The molecule has 2 aliphatic rings. The maximum atomic E-state index is 14.0. The fraction of sp³-hybridized carbons (Fsp3) is 0.667. The average molecular weight is 493 g/mol. The van der Waals surface area contributed by atoms with E-state index in [4.69, 9.17) is 4.42 Å². The average Bonchev–Trinajstić information content (AvgIpc) is 3.41. The topological polar surface area (TPSA) is 87.3 Å². The third-order valence-electron chi connectivity index (χ3n) is 6.35. The predicted octanol–water partition coefficient (Wildman–Crippen LogP) is 5.27. The van der Waals surface area contributed by atoms with Gasteiger partial charge in [0.05, 0.1) is 5.69 Å². The number of nitrogens with zero attached hydrogens (tertiary/aromatic N) is 4. The lowest BCUT2D eigenvalue weighted by Gasteiger charge is -2.30. The number of anilines is 2. The van der Waals surface area contributed by atoms with Crippen molar-refractivity contribution in [2.45, 2.75) is 75.9 Å². The summed E-state index contributed by atoms with van der Waals surface area (Å²) < 4.78 is 88.8. The molecule has 0 aliphatic carbocycles. The zero-order valence-corrected chi connectivity index (χ0v) is 18.4. The summed E-state index contributed by atoms with van der Waals surface area (Å²) in [5.74, 6) is -1.87. The van der Waals surface area contributed by atoms with Crippen molar-refractivity contribution in [3.05, 3.63) is 17.5 Å². The number of alkyl halides is 6. The van der Waals surface area contributed by atoms with Crippen LogP contribution in [0.5, 0.6) is 0 Å². The van der Waals surface area contributed by atoms with Crippen LogP contribution in [0.3, 0.4) is 0 Å². The summed E-state index contributed by atoms with van der Waals surface area (Å²) in [4.78, 5) is 5.85. The Balaban J connectivity index is 1.93. The van der Waals surface area contributed by atoms with E-state index in [9.17, 15) is 31.4 Å². The molecule has 2 aromatic heterocycles. The molecule has 2 N–H and O–H groups in total. The molecule has 0 amide bonds. The summed E-state index contributed by atoms with van der Waals surface area (Å²) in [5.41, 5.74) is -4.62. The molecule has 188 valence electrons. The molecule has 0 saturated carbocycles. The van der Waals surface area contributed by atoms with Gasteiger partial charge in [-0.05, 0) is 45.1 Å². The summed E-state index contributed by atoms with van der Waals surface area (Å²) in [6, 6.07) is 0.650. The summed E-state index contributed by atoms with van der Waals surface area (Å²) in [7, 11) is 0. The normalized spacial score (nSPS) is 24.0. The van der Waals surface area contributed by atoms with Crippen molar-refractivity contribution in [1.82, 2.24) is 15.2 Å². The highest BCUT2D eigenvalue weighted by molar-refractivity contribution is 5.73. The number of halogens is 6. The van der Waals surface area contributed by atoms with Gasteiger partial charge in [-0.15, -0.1) is 10.2 Å². The molecule has 34 heavy (non-hydrogen) atoms. The maximum Gasteiger partial charge on any atom is 0.426 e. The Morgan fingerprint density at radius 1 is 1.12 bits per heavy atom. The monoisotopic (exact) mass is 493 g/mol. The Kier molecular flexibility index (Phi) is 6.42. The molecule has 7 nitrogen and oxygen atoms in total. The number of hydrogen-bond donors (Lipinski definition) is 2. The van der Waals surface area contributed by atoms with Crippen molar-refractivity contribution in [3.8, 4) is 11.6 Å². The van der Waals surface area contributed by atoms with Crippen LogP contribution in [0.1, 0.15) is 63.3 Å². The van der Waals surface area contributed by atoms with Gasteiger partial charge in [0.1, 0.15) is 11.4 Å². The van der Waals surface area contributed by atoms with Crippen LogP contribution in [0.4, 0.5) is 37.8 Å². The lowest BCUT2D eigenvalue weighted by molar-refractivity contribution is -0.277. The summed E-state index contributed by atoms with van der Waals surface area (Å²) in [6.45, 7) is 2.24. The van der Waals surface area contributed by atoms with Crippen molar-refractivity contribution < 1.29 is 35.9 Å². The van der Waals surface area contributed by atoms with Crippen molar-refractivity contribution in [1.29, 1.82) is 0 Å². The smallest absolute Gasteiger partial charge is 0.416 e. The van der Waals surface area contributed by atoms with E-state index in [-0.39, 0.29) is 36.2 Å². The first kappa shape index (κ1) is 24.6. The quantitative estimate of drug-likeness (QED) is 0.552. The summed E-state index contributed by atoms with van der Waals surface area (Å²) >= 11 is 0. The van der Waals surface area contributed by atoms with Crippen LogP contribution < -0.4 is 10.2 Å². The molecular formula is C21H25F6N5O2. The Morgan fingerprint density at radius 3 is 2.53 bits per heavy atom. The first-order chi connectivity index (χ1) is 16.0. The molecule has 2 aromatic rings. The van der Waals surface area contributed by atoms with Gasteiger partial charge in [0.25, 0.3) is 11.8 Å². The second-order valence-electron chi connectivity index (χ2n) is 8.64. The highest BCUT2D eigenvalue weighted by atomic mass is 19.4. The van der Waals surface area contributed by atoms with Crippen LogP contribution >= 0.6 is 0 Å². The van der Waals surface area contributed by atoms with Gasteiger partial charge in [0.2, 0.25) is 5.60 Å². The molecule has 0 spiro atoms. The van der Waals surface area contributed by atoms with Crippen LogP contribution in [0, 0.1) is 0 Å². The fourth-order valence-electron chi connectivity index (χ4n) is 4.63. The zero-order chi connectivity index (χ0) is 24.7. The van der Waals surface area contributed by atoms with Crippen LogP contribution in [0.25, 0.3) is 11.6 Å². The van der Waals surface area contributed by atoms with E-state index in [1.165, 1.54) is 0 Å². The second-order valence-corrected chi connectivity index (χ2v) is 8.64. The number of aromatic nitrogens is 3. The number of hydrogen-bond acceptors (Lipinski definition) is 7. The number of nitrogens with one attached hydrogen (secondary N) is 1. The molecule has 0 aromatic carbocycles. The lowest BCUT2D eigenvalue weighted by atomic mass is 9.94. The zero-order valence-electron chi connectivity index (χ0n) is 18.4.